The molecule has 202 valence electrons. The summed E-state index contributed by atoms with van der Waals surface area (Å²) < 4.78 is 6.31. The molecule has 3 atom stereocenters. The first kappa shape index (κ1) is 27.5. The fourth-order valence-corrected chi connectivity index (χ4v) is 6.19. The fourth-order valence-electron chi connectivity index (χ4n) is 3.81. The SMILES string of the molecule is CCCCOC(=O)n1cnnc1SCC1=C(C(=O)O)N2C(=O)C(NC(=O)C(O)c3ccc(O)cc3)[C@H]2SC1. The van der Waals surface area contributed by atoms with Crippen molar-refractivity contribution in [3.63, 3.8) is 0 Å². The Bertz CT molecular complexity index is 1260. The lowest BCUT2D eigenvalue weighted by molar-refractivity contribution is -0.151. The lowest BCUT2D eigenvalue weighted by Gasteiger charge is -2.49. The van der Waals surface area contributed by atoms with Crippen LogP contribution in [0.1, 0.15) is 31.4 Å². The number of carboxylic acid groups (broad SMARTS) is 1. The van der Waals surface area contributed by atoms with Gasteiger partial charge in [-0.3, -0.25) is 14.5 Å². The standard InChI is InChI=1S/C23H25N5O8S2/c1-2-3-8-36-23(35)27-11-24-26-22(27)38-10-13-9-37-20-15(19(32)28(20)16(13)21(33)34)25-18(31)17(30)12-4-6-14(29)7-5-12/h4-7,11,15,17,20,29-30H,2-3,8-10H2,1H3,(H,25,31)(H,33,34)/t15?,17?,20-/m1/s1. The minimum atomic E-state index is -1.57. The van der Waals surface area contributed by atoms with Gasteiger partial charge in [-0.05, 0) is 29.7 Å². The summed E-state index contributed by atoms with van der Waals surface area (Å²) in [7, 11) is 0. The quantitative estimate of drug-likeness (QED) is 0.185. The molecule has 0 aliphatic carbocycles. The molecule has 2 amide bonds. The van der Waals surface area contributed by atoms with Crippen molar-refractivity contribution in [3.05, 3.63) is 47.4 Å². The van der Waals surface area contributed by atoms with Crippen LogP contribution in [0.15, 0.2) is 47.0 Å². The summed E-state index contributed by atoms with van der Waals surface area (Å²) in [6.45, 7) is 2.22. The Morgan fingerprint density at radius 1 is 1.29 bits per heavy atom. The number of aromatic hydroxyl groups is 1. The number of phenols is 1. The average Bonchev–Trinajstić information content (AvgIpc) is 3.38. The lowest BCUT2D eigenvalue weighted by Crippen LogP contribution is -2.70. The first-order chi connectivity index (χ1) is 18.2. The number of carboxylic acids is 1. The summed E-state index contributed by atoms with van der Waals surface area (Å²) in [5.74, 6) is -2.38. The third-order valence-electron chi connectivity index (χ3n) is 5.82. The van der Waals surface area contributed by atoms with E-state index < -0.39 is 41.4 Å². The predicted molar refractivity (Wildman–Crippen MR) is 135 cm³/mol. The highest BCUT2D eigenvalue weighted by molar-refractivity contribution is 8.01. The van der Waals surface area contributed by atoms with Crippen LogP contribution in [0.4, 0.5) is 4.79 Å². The molecule has 0 radical (unpaired) electrons. The maximum absolute atomic E-state index is 12.9. The molecule has 1 saturated heterocycles. The van der Waals surface area contributed by atoms with E-state index in [9.17, 15) is 34.5 Å². The topological polar surface area (TPSA) is 184 Å². The van der Waals surface area contributed by atoms with Gasteiger partial charge < -0.3 is 25.4 Å². The second-order valence-corrected chi connectivity index (χ2v) is 10.4. The molecule has 13 nitrogen and oxygen atoms in total. The molecule has 1 fully saturated rings. The van der Waals surface area contributed by atoms with Gasteiger partial charge >= 0.3 is 12.1 Å². The van der Waals surface area contributed by atoms with Crippen molar-refractivity contribution in [3.8, 4) is 5.75 Å². The van der Waals surface area contributed by atoms with E-state index in [1.807, 2.05) is 6.92 Å². The van der Waals surface area contributed by atoms with Crippen LogP contribution in [0.3, 0.4) is 0 Å². The number of fused-ring (bicyclic) bond motifs is 1. The smallest absolute Gasteiger partial charge is 0.421 e. The molecule has 1 aromatic heterocycles. The van der Waals surface area contributed by atoms with Crippen LogP contribution in [0, 0.1) is 0 Å². The number of ether oxygens (including phenoxy) is 1. The minimum Gasteiger partial charge on any atom is -0.508 e. The maximum atomic E-state index is 12.9. The van der Waals surface area contributed by atoms with E-state index in [1.165, 1.54) is 42.4 Å². The van der Waals surface area contributed by atoms with Crippen molar-refractivity contribution >= 4 is 47.4 Å². The number of carbonyl (C=O) groups is 4. The van der Waals surface area contributed by atoms with Gasteiger partial charge in [-0.25, -0.2) is 14.2 Å². The highest BCUT2D eigenvalue weighted by Crippen LogP contribution is 2.41. The van der Waals surface area contributed by atoms with Crippen LogP contribution in [-0.4, -0.2) is 88.4 Å². The number of hydrogen-bond acceptors (Lipinski definition) is 11. The van der Waals surface area contributed by atoms with Crippen molar-refractivity contribution in [1.29, 1.82) is 0 Å². The Labute approximate surface area is 225 Å². The number of hydrogen-bond donors (Lipinski definition) is 4. The van der Waals surface area contributed by atoms with Crippen LogP contribution in [0.5, 0.6) is 5.75 Å². The molecule has 0 spiro atoms. The molecule has 3 heterocycles. The normalized spacial score (nSPS) is 19.4. The van der Waals surface area contributed by atoms with Gasteiger partial charge in [0.2, 0.25) is 5.16 Å². The molecule has 4 rings (SSSR count). The predicted octanol–water partition coefficient (Wildman–Crippen LogP) is 1.33. The fraction of sp³-hybridized carbons (Fsp3) is 0.391. The Balaban J connectivity index is 1.42. The number of unbranched alkanes of at least 4 members (excludes halogenated alkanes) is 1. The number of rotatable bonds is 10. The zero-order valence-corrected chi connectivity index (χ0v) is 21.8. The van der Waals surface area contributed by atoms with Crippen molar-refractivity contribution in [2.45, 2.75) is 42.4 Å². The number of carbonyl (C=O) groups excluding carboxylic acids is 3. The highest BCUT2D eigenvalue weighted by Gasteiger charge is 2.54. The number of thioether (sulfide) groups is 2. The summed E-state index contributed by atoms with van der Waals surface area (Å²) in [6, 6.07) is 4.39. The number of aliphatic hydroxyl groups is 1. The summed E-state index contributed by atoms with van der Waals surface area (Å²) in [5, 5.41) is 39.3. The second-order valence-electron chi connectivity index (χ2n) is 8.39. The summed E-state index contributed by atoms with van der Waals surface area (Å²) >= 11 is 2.36. The van der Waals surface area contributed by atoms with E-state index in [4.69, 9.17) is 4.74 Å². The van der Waals surface area contributed by atoms with Gasteiger partial charge in [0, 0.05) is 11.5 Å². The number of amides is 2. The molecule has 1 aromatic carbocycles. The Morgan fingerprint density at radius 3 is 2.71 bits per heavy atom. The molecule has 0 bridgehead atoms. The zero-order chi connectivity index (χ0) is 27.4. The molecule has 4 N–H and O–H groups in total. The average molecular weight is 564 g/mol. The minimum absolute atomic E-state index is 0.0288. The van der Waals surface area contributed by atoms with Gasteiger partial charge in [0.15, 0.2) is 6.10 Å². The van der Waals surface area contributed by atoms with Crippen LogP contribution < -0.4 is 5.32 Å². The van der Waals surface area contributed by atoms with Gasteiger partial charge in [0.05, 0.1) is 6.61 Å². The van der Waals surface area contributed by atoms with Gasteiger partial charge in [0.25, 0.3) is 11.8 Å². The second kappa shape index (κ2) is 11.9. The number of aliphatic carboxylic acids is 1. The first-order valence-electron chi connectivity index (χ1n) is 11.6. The highest BCUT2D eigenvalue weighted by atomic mass is 32.2. The number of nitrogens with zero attached hydrogens (tertiary/aromatic N) is 4. The molecular weight excluding hydrogens is 538 g/mol. The number of benzene rings is 1. The van der Waals surface area contributed by atoms with E-state index in [-0.39, 0.29) is 40.3 Å². The van der Waals surface area contributed by atoms with Crippen LogP contribution in [0.2, 0.25) is 0 Å². The van der Waals surface area contributed by atoms with Crippen molar-refractivity contribution in [2.75, 3.05) is 18.1 Å². The lowest BCUT2D eigenvalue weighted by atomic mass is 10.0. The van der Waals surface area contributed by atoms with E-state index in [0.717, 1.165) is 27.6 Å². The van der Waals surface area contributed by atoms with Gasteiger partial charge in [0.1, 0.15) is 29.2 Å². The van der Waals surface area contributed by atoms with Crippen LogP contribution >= 0.6 is 23.5 Å². The number of aliphatic hydroxyl groups excluding tert-OH is 1. The molecule has 2 unspecified atom stereocenters. The van der Waals surface area contributed by atoms with E-state index >= 15 is 0 Å². The zero-order valence-electron chi connectivity index (χ0n) is 20.1. The molecule has 2 aromatic rings. The van der Waals surface area contributed by atoms with Crippen LogP contribution in [-0.2, 0) is 19.1 Å². The number of nitrogens with one attached hydrogen (secondary N) is 1. The molecule has 0 saturated carbocycles. The van der Waals surface area contributed by atoms with Gasteiger partial charge in [-0.15, -0.1) is 22.0 Å². The summed E-state index contributed by atoms with van der Waals surface area (Å²) in [4.78, 5) is 50.9. The first-order valence-corrected chi connectivity index (χ1v) is 13.6. The van der Waals surface area contributed by atoms with E-state index in [0.29, 0.717) is 12.0 Å². The number of phenolic OH excluding ortho intramolecular Hbond substituents is 1. The van der Waals surface area contributed by atoms with Gasteiger partial charge in [-0.1, -0.05) is 37.2 Å². The van der Waals surface area contributed by atoms with Crippen LogP contribution in [0.25, 0.3) is 0 Å². The van der Waals surface area contributed by atoms with E-state index in [1.54, 1.807) is 0 Å². The molecule has 2 aliphatic rings. The molecule has 38 heavy (non-hydrogen) atoms. The maximum Gasteiger partial charge on any atom is 0.421 e. The Morgan fingerprint density at radius 2 is 2.03 bits per heavy atom. The third kappa shape index (κ3) is 5.63. The number of aromatic nitrogens is 3. The summed E-state index contributed by atoms with van der Waals surface area (Å²) in [6.07, 6.45) is 0.583. The van der Waals surface area contributed by atoms with E-state index in [2.05, 4.69) is 15.5 Å². The van der Waals surface area contributed by atoms with Crippen molar-refractivity contribution in [1.82, 2.24) is 25.0 Å². The Kier molecular flexibility index (Phi) is 8.58. The molecule has 2 aliphatic heterocycles. The monoisotopic (exact) mass is 563 g/mol. The summed E-state index contributed by atoms with van der Waals surface area (Å²) in [5.41, 5.74) is 0.486. The molecule has 15 heteroatoms. The van der Waals surface area contributed by atoms with Crippen molar-refractivity contribution < 1.29 is 39.2 Å². The van der Waals surface area contributed by atoms with Crippen molar-refractivity contribution in [2.24, 2.45) is 0 Å². The third-order valence-corrected chi connectivity index (χ3v) is 8.19. The number of β-lactam (4-membered cyclic amide) rings is 1. The Hall–Kier alpha value is -3.56. The largest absolute Gasteiger partial charge is 0.508 e. The van der Waals surface area contributed by atoms with Gasteiger partial charge in [-0.2, -0.15) is 0 Å². The molecular formula is C23H25N5O8S2.